The van der Waals surface area contributed by atoms with Crippen LogP contribution in [0.3, 0.4) is 0 Å². The van der Waals surface area contributed by atoms with E-state index in [1.54, 1.807) is 25.1 Å². The highest BCUT2D eigenvalue weighted by molar-refractivity contribution is 6.05. The van der Waals surface area contributed by atoms with Crippen LogP contribution in [0.4, 0.5) is 0 Å². The third-order valence-corrected chi connectivity index (χ3v) is 3.70. The van der Waals surface area contributed by atoms with Crippen molar-refractivity contribution in [3.63, 3.8) is 0 Å². The number of ether oxygens (including phenoxy) is 2. The molecule has 0 saturated carbocycles. The van der Waals surface area contributed by atoms with Crippen molar-refractivity contribution in [2.75, 3.05) is 6.61 Å². The van der Waals surface area contributed by atoms with Gasteiger partial charge in [-0.25, -0.2) is 4.79 Å². The maximum atomic E-state index is 12.0. The molecule has 126 valence electrons. The van der Waals surface area contributed by atoms with Gasteiger partial charge in [-0.1, -0.05) is 31.2 Å². The lowest BCUT2D eigenvalue weighted by Crippen LogP contribution is -2.11. The molecule has 0 bridgehead atoms. The average Bonchev–Trinajstić information content (AvgIpc) is 2.60. The minimum Gasteiger partial charge on any atom is -0.489 e. The molecule has 0 aliphatic carbocycles. The van der Waals surface area contributed by atoms with E-state index in [-0.39, 0.29) is 18.0 Å². The maximum absolute atomic E-state index is 12.0. The van der Waals surface area contributed by atoms with Crippen molar-refractivity contribution in [1.82, 2.24) is 0 Å². The van der Waals surface area contributed by atoms with Gasteiger partial charge in [0.25, 0.3) is 0 Å². The second-order valence-electron chi connectivity index (χ2n) is 5.44. The Bertz CT molecular complexity index is 717. The van der Waals surface area contributed by atoms with E-state index in [1.807, 2.05) is 12.1 Å². The molecule has 4 heteroatoms. The fourth-order valence-corrected chi connectivity index (χ4v) is 2.34. The van der Waals surface area contributed by atoms with Gasteiger partial charge in [-0.05, 0) is 49.6 Å². The molecule has 0 amide bonds. The van der Waals surface area contributed by atoms with Crippen molar-refractivity contribution < 1.29 is 19.1 Å². The van der Waals surface area contributed by atoms with Gasteiger partial charge < -0.3 is 9.47 Å². The minimum absolute atomic E-state index is 0.181. The molecule has 24 heavy (non-hydrogen) atoms. The van der Waals surface area contributed by atoms with E-state index in [0.717, 1.165) is 12.0 Å². The van der Waals surface area contributed by atoms with Crippen LogP contribution in [0.15, 0.2) is 42.5 Å². The molecule has 0 spiro atoms. The number of aryl methyl sites for hydroxylation is 1. The number of esters is 1. The van der Waals surface area contributed by atoms with Gasteiger partial charge >= 0.3 is 5.97 Å². The summed E-state index contributed by atoms with van der Waals surface area (Å²) in [5.74, 6) is -0.164. The normalized spacial score (nSPS) is 10.3. The summed E-state index contributed by atoms with van der Waals surface area (Å²) in [6.45, 7) is 5.91. The SMILES string of the molecule is CCOC(=O)c1cc(OCc2ccc(CC)cc2)ccc1C(C)=O. The molecule has 2 aromatic rings. The minimum atomic E-state index is -0.513. The zero-order valence-electron chi connectivity index (χ0n) is 14.3. The molecule has 0 aromatic heterocycles. The van der Waals surface area contributed by atoms with Gasteiger partial charge in [-0.3, -0.25) is 4.79 Å². The first-order valence-electron chi connectivity index (χ1n) is 8.07. The quantitative estimate of drug-likeness (QED) is 0.565. The molecule has 2 aromatic carbocycles. The standard InChI is InChI=1S/C20H22O4/c1-4-15-6-8-16(9-7-15)13-24-17-10-11-18(14(3)21)19(12-17)20(22)23-5-2/h6-12H,4-5,13H2,1-3H3. The summed E-state index contributed by atoms with van der Waals surface area (Å²) in [5.41, 5.74) is 2.89. The largest absolute Gasteiger partial charge is 0.489 e. The van der Waals surface area contributed by atoms with Crippen molar-refractivity contribution in [1.29, 1.82) is 0 Å². The third-order valence-electron chi connectivity index (χ3n) is 3.70. The van der Waals surface area contributed by atoms with E-state index in [4.69, 9.17) is 9.47 Å². The average molecular weight is 326 g/mol. The van der Waals surface area contributed by atoms with Crippen LogP contribution in [0.2, 0.25) is 0 Å². The molecule has 0 fully saturated rings. The molecule has 2 rings (SSSR count). The van der Waals surface area contributed by atoms with Gasteiger partial charge in [0.2, 0.25) is 0 Å². The number of ketones is 1. The summed E-state index contributed by atoms with van der Waals surface area (Å²) in [7, 11) is 0. The predicted molar refractivity (Wildman–Crippen MR) is 92.6 cm³/mol. The zero-order chi connectivity index (χ0) is 17.5. The fraction of sp³-hybridized carbons (Fsp3) is 0.300. The summed E-state index contributed by atoms with van der Waals surface area (Å²) >= 11 is 0. The Morgan fingerprint density at radius 3 is 2.17 bits per heavy atom. The molecule has 0 N–H and O–H groups in total. The summed E-state index contributed by atoms with van der Waals surface area (Å²) in [4.78, 5) is 23.7. The maximum Gasteiger partial charge on any atom is 0.338 e. The van der Waals surface area contributed by atoms with E-state index < -0.39 is 5.97 Å². The number of hydrogen-bond donors (Lipinski definition) is 0. The molecule has 0 aliphatic rings. The Hall–Kier alpha value is -2.62. The van der Waals surface area contributed by atoms with Crippen LogP contribution in [-0.2, 0) is 17.8 Å². The number of Topliss-reactive ketones (excluding diaryl/α,β-unsaturated/α-hetero) is 1. The lowest BCUT2D eigenvalue weighted by molar-refractivity contribution is 0.0522. The van der Waals surface area contributed by atoms with Gasteiger partial charge in [0.1, 0.15) is 12.4 Å². The van der Waals surface area contributed by atoms with E-state index in [0.29, 0.717) is 17.9 Å². The smallest absolute Gasteiger partial charge is 0.338 e. The Balaban J connectivity index is 2.16. The van der Waals surface area contributed by atoms with E-state index in [2.05, 4.69) is 19.1 Å². The van der Waals surface area contributed by atoms with Crippen molar-refractivity contribution in [2.24, 2.45) is 0 Å². The second-order valence-corrected chi connectivity index (χ2v) is 5.44. The molecule has 0 saturated heterocycles. The molecule has 0 unspecified atom stereocenters. The Labute approximate surface area is 142 Å². The Morgan fingerprint density at radius 2 is 1.58 bits per heavy atom. The molecular weight excluding hydrogens is 304 g/mol. The first-order valence-corrected chi connectivity index (χ1v) is 8.07. The summed E-state index contributed by atoms with van der Waals surface area (Å²) < 4.78 is 10.8. The number of rotatable bonds is 7. The van der Waals surface area contributed by atoms with Crippen molar-refractivity contribution in [3.8, 4) is 5.75 Å². The number of benzene rings is 2. The van der Waals surface area contributed by atoms with Gasteiger partial charge in [0, 0.05) is 5.56 Å². The lowest BCUT2D eigenvalue weighted by atomic mass is 10.0. The predicted octanol–water partition coefficient (Wildman–Crippen LogP) is 4.21. The van der Waals surface area contributed by atoms with Gasteiger partial charge in [0.05, 0.1) is 12.2 Å². The monoisotopic (exact) mass is 326 g/mol. The molecule has 4 nitrogen and oxygen atoms in total. The third kappa shape index (κ3) is 4.44. The van der Waals surface area contributed by atoms with Crippen LogP contribution >= 0.6 is 0 Å². The van der Waals surface area contributed by atoms with E-state index in [1.165, 1.54) is 12.5 Å². The van der Waals surface area contributed by atoms with Crippen LogP contribution in [-0.4, -0.2) is 18.4 Å². The highest BCUT2D eigenvalue weighted by Gasteiger charge is 2.16. The van der Waals surface area contributed by atoms with Crippen molar-refractivity contribution >= 4 is 11.8 Å². The lowest BCUT2D eigenvalue weighted by Gasteiger charge is -2.11. The second kappa shape index (κ2) is 8.29. The molecule has 0 radical (unpaired) electrons. The van der Waals surface area contributed by atoms with Crippen LogP contribution in [0.1, 0.15) is 52.6 Å². The van der Waals surface area contributed by atoms with Gasteiger partial charge in [0.15, 0.2) is 5.78 Å². The fourth-order valence-electron chi connectivity index (χ4n) is 2.34. The molecule has 0 atom stereocenters. The number of carbonyl (C=O) groups is 2. The Kier molecular flexibility index (Phi) is 6.13. The van der Waals surface area contributed by atoms with Crippen LogP contribution in [0, 0.1) is 0 Å². The summed E-state index contributed by atoms with van der Waals surface area (Å²) in [6.07, 6.45) is 0.997. The van der Waals surface area contributed by atoms with Gasteiger partial charge in [-0.15, -0.1) is 0 Å². The highest BCUT2D eigenvalue weighted by Crippen LogP contribution is 2.21. The highest BCUT2D eigenvalue weighted by atomic mass is 16.5. The summed E-state index contributed by atoms with van der Waals surface area (Å²) in [5, 5.41) is 0. The van der Waals surface area contributed by atoms with Gasteiger partial charge in [-0.2, -0.15) is 0 Å². The first kappa shape index (κ1) is 17.7. The molecule has 0 heterocycles. The number of carbonyl (C=O) groups excluding carboxylic acids is 2. The van der Waals surface area contributed by atoms with Crippen LogP contribution < -0.4 is 4.74 Å². The van der Waals surface area contributed by atoms with Crippen LogP contribution in [0.25, 0.3) is 0 Å². The van der Waals surface area contributed by atoms with E-state index in [9.17, 15) is 9.59 Å². The zero-order valence-corrected chi connectivity index (χ0v) is 14.3. The Morgan fingerprint density at radius 1 is 0.917 bits per heavy atom. The molecular formula is C20H22O4. The van der Waals surface area contributed by atoms with Crippen LogP contribution in [0.5, 0.6) is 5.75 Å². The van der Waals surface area contributed by atoms with Crippen molar-refractivity contribution in [3.05, 3.63) is 64.7 Å². The first-order chi connectivity index (χ1) is 11.5. The van der Waals surface area contributed by atoms with Crippen molar-refractivity contribution in [2.45, 2.75) is 33.8 Å². The van der Waals surface area contributed by atoms with E-state index >= 15 is 0 Å². The topological polar surface area (TPSA) is 52.6 Å². The summed E-state index contributed by atoms with van der Waals surface area (Å²) in [6, 6.07) is 13.0. The number of hydrogen-bond acceptors (Lipinski definition) is 4. The molecule has 0 aliphatic heterocycles.